The largest absolute Gasteiger partial charge is 0.357 e. The Kier molecular flexibility index (Phi) is 6.43. The number of hydrogen-bond donors (Lipinski definition) is 2. The van der Waals surface area contributed by atoms with Gasteiger partial charge in [-0.25, -0.2) is 0 Å². The standard InChI is InChI=1S/C31H55N3O/c1-20-9-14-31(33-19-20)21(2)28-27(35-31)18-26-24-8-7-22-17-23(32-15-16-34(5)6)10-12-29(22,3)25(24)11-13-30(26,28)4/h20-28,32-33H,7-19H2,1-6H3/t20-,21-,22-,23?,24+,25-,26-,27-,28-,29-,30-,31-/m0/s1. The monoisotopic (exact) mass is 485 g/mol. The molecule has 35 heavy (non-hydrogen) atoms. The number of fused-ring (bicyclic) bond motifs is 7. The summed E-state index contributed by atoms with van der Waals surface area (Å²) in [4.78, 5) is 2.30. The molecule has 4 nitrogen and oxygen atoms in total. The van der Waals surface area contributed by atoms with Crippen LogP contribution < -0.4 is 10.6 Å². The topological polar surface area (TPSA) is 36.5 Å². The molecule has 2 saturated heterocycles. The smallest absolute Gasteiger partial charge is 0.122 e. The van der Waals surface area contributed by atoms with Crippen LogP contribution in [0.25, 0.3) is 0 Å². The van der Waals surface area contributed by atoms with E-state index in [1.807, 2.05) is 0 Å². The minimum Gasteiger partial charge on any atom is -0.357 e. The van der Waals surface area contributed by atoms with Gasteiger partial charge in [0, 0.05) is 31.6 Å². The van der Waals surface area contributed by atoms with Crippen LogP contribution >= 0.6 is 0 Å². The van der Waals surface area contributed by atoms with Gasteiger partial charge in [0.15, 0.2) is 0 Å². The lowest BCUT2D eigenvalue weighted by molar-refractivity contribution is -0.134. The summed E-state index contributed by atoms with van der Waals surface area (Å²) in [6, 6.07) is 0.750. The second-order valence-corrected chi connectivity index (χ2v) is 15.1. The molecule has 6 fully saturated rings. The molecule has 200 valence electrons. The second-order valence-electron chi connectivity index (χ2n) is 15.1. The van der Waals surface area contributed by atoms with Gasteiger partial charge in [-0.05, 0) is 125 Å². The molecule has 12 atom stereocenters. The number of hydrogen-bond acceptors (Lipinski definition) is 4. The lowest BCUT2D eigenvalue weighted by Crippen LogP contribution is -2.58. The van der Waals surface area contributed by atoms with Gasteiger partial charge in [0.25, 0.3) is 0 Å². The molecule has 0 amide bonds. The minimum atomic E-state index is -0.0196. The van der Waals surface area contributed by atoms with Crippen LogP contribution in [0.4, 0.5) is 0 Å². The molecule has 4 saturated carbocycles. The van der Waals surface area contributed by atoms with E-state index in [0.29, 0.717) is 22.9 Å². The van der Waals surface area contributed by atoms with Crippen molar-refractivity contribution in [3.8, 4) is 0 Å². The first-order valence-corrected chi connectivity index (χ1v) is 15.5. The van der Waals surface area contributed by atoms with Crippen LogP contribution in [0.5, 0.6) is 0 Å². The fourth-order valence-electron chi connectivity index (χ4n) is 11.1. The molecule has 1 spiro atoms. The van der Waals surface area contributed by atoms with Crippen molar-refractivity contribution in [1.82, 2.24) is 15.5 Å². The van der Waals surface area contributed by atoms with Gasteiger partial charge >= 0.3 is 0 Å². The lowest BCUT2D eigenvalue weighted by atomic mass is 9.44. The summed E-state index contributed by atoms with van der Waals surface area (Å²) in [5, 5.41) is 7.85. The van der Waals surface area contributed by atoms with Crippen molar-refractivity contribution in [2.45, 2.75) is 110 Å². The molecule has 0 aromatic heterocycles. The van der Waals surface area contributed by atoms with Crippen LogP contribution in [0.3, 0.4) is 0 Å². The highest BCUT2D eigenvalue weighted by Gasteiger charge is 2.68. The Morgan fingerprint density at radius 1 is 0.914 bits per heavy atom. The van der Waals surface area contributed by atoms with E-state index in [1.54, 1.807) is 0 Å². The normalized spacial score (nSPS) is 55.5. The minimum absolute atomic E-state index is 0.0196. The summed E-state index contributed by atoms with van der Waals surface area (Å²) >= 11 is 0. The van der Waals surface area contributed by atoms with Crippen LogP contribution in [-0.2, 0) is 4.74 Å². The van der Waals surface area contributed by atoms with E-state index in [1.165, 1.54) is 64.2 Å². The zero-order chi connectivity index (χ0) is 24.6. The van der Waals surface area contributed by atoms with E-state index < -0.39 is 0 Å². The van der Waals surface area contributed by atoms with E-state index in [-0.39, 0.29) is 5.72 Å². The van der Waals surface area contributed by atoms with E-state index in [9.17, 15) is 0 Å². The van der Waals surface area contributed by atoms with Gasteiger partial charge in [-0.3, -0.25) is 5.32 Å². The zero-order valence-electron chi connectivity index (χ0n) is 23.7. The van der Waals surface area contributed by atoms with Crippen LogP contribution in [0.2, 0.25) is 0 Å². The number of nitrogens with one attached hydrogen (secondary N) is 2. The third kappa shape index (κ3) is 3.90. The number of ether oxygens (including phenoxy) is 1. The summed E-state index contributed by atoms with van der Waals surface area (Å²) < 4.78 is 7.09. The molecule has 1 unspecified atom stereocenters. The molecule has 6 aliphatic rings. The van der Waals surface area contributed by atoms with Crippen molar-refractivity contribution in [3.63, 3.8) is 0 Å². The Balaban J connectivity index is 1.15. The Bertz CT molecular complexity index is 777. The molecule has 2 aliphatic heterocycles. The van der Waals surface area contributed by atoms with Gasteiger partial charge in [-0.15, -0.1) is 0 Å². The van der Waals surface area contributed by atoms with Crippen molar-refractivity contribution >= 4 is 0 Å². The summed E-state index contributed by atoms with van der Waals surface area (Å²) in [6.45, 7) is 13.8. The van der Waals surface area contributed by atoms with Gasteiger partial charge in [0.05, 0.1) is 6.10 Å². The Morgan fingerprint density at radius 3 is 2.46 bits per heavy atom. The quantitative estimate of drug-likeness (QED) is 0.549. The highest BCUT2D eigenvalue weighted by atomic mass is 16.5. The molecular weight excluding hydrogens is 430 g/mol. The molecule has 0 radical (unpaired) electrons. The van der Waals surface area contributed by atoms with E-state index in [4.69, 9.17) is 4.74 Å². The molecule has 0 bridgehead atoms. The zero-order valence-corrected chi connectivity index (χ0v) is 23.7. The number of rotatable bonds is 4. The summed E-state index contributed by atoms with van der Waals surface area (Å²) in [5.74, 6) is 5.95. The maximum absolute atomic E-state index is 7.09. The van der Waals surface area contributed by atoms with E-state index in [0.717, 1.165) is 61.2 Å². The maximum atomic E-state index is 7.09. The second kappa shape index (κ2) is 8.95. The fraction of sp³-hybridized carbons (Fsp3) is 1.00. The maximum Gasteiger partial charge on any atom is 0.122 e. The van der Waals surface area contributed by atoms with Crippen LogP contribution in [-0.4, -0.2) is 56.5 Å². The molecule has 6 rings (SSSR count). The van der Waals surface area contributed by atoms with Gasteiger partial charge < -0.3 is 15.0 Å². The molecule has 4 aliphatic carbocycles. The summed E-state index contributed by atoms with van der Waals surface area (Å²) in [6.07, 6.45) is 14.6. The van der Waals surface area contributed by atoms with Gasteiger partial charge in [0.1, 0.15) is 5.72 Å². The third-order valence-corrected chi connectivity index (χ3v) is 13.1. The van der Waals surface area contributed by atoms with Crippen molar-refractivity contribution in [3.05, 3.63) is 0 Å². The first kappa shape index (κ1) is 25.1. The van der Waals surface area contributed by atoms with Crippen LogP contribution in [0, 0.1) is 52.3 Å². The predicted octanol–water partition coefficient (Wildman–Crippen LogP) is 5.53. The van der Waals surface area contributed by atoms with Gasteiger partial charge in [-0.1, -0.05) is 27.7 Å². The van der Waals surface area contributed by atoms with Crippen molar-refractivity contribution < 1.29 is 4.74 Å². The molecular formula is C31H55N3O. The van der Waals surface area contributed by atoms with Gasteiger partial charge in [-0.2, -0.15) is 0 Å². The van der Waals surface area contributed by atoms with Crippen LogP contribution in [0.15, 0.2) is 0 Å². The van der Waals surface area contributed by atoms with Gasteiger partial charge in [0.2, 0.25) is 0 Å². The highest BCUT2D eigenvalue weighted by molar-refractivity contribution is 5.16. The molecule has 0 aromatic carbocycles. The summed E-state index contributed by atoms with van der Waals surface area (Å²) in [5.41, 5.74) is 1.05. The third-order valence-electron chi connectivity index (χ3n) is 13.1. The Labute approximate surface area is 216 Å². The first-order chi connectivity index (χ1) is 16.7. The van der Waals surface area contributed by atoms with E-state index in [2.05, 4.69) is 57.3 Å². The average molecular weight is 486 g/mol. The van der Waals surface area contributed by atoms with E-state index >= 15 is 0 Å². The Hall–Kier alpha value is -0.160. The predicted molar refractivity (Wildman–Crippen MR) is 144 cm³/mol. The number of piperidine rings is 1. The molecule has 4 heteroatoms. The lowest BCUT2D eigenvalue weighted by Gasteiger charge is -2.61. The highest BCUT2D eigenvalue weighted by Crippen LogP contribution is 2.71. The summed E-state index contributed by atoms with van der Waals surface area (Å²) in [7, 11) is 4.37. The Morgan fingerprint density at radius 2 is 1.71 bits per heavy atom. The molecule has 0 aromatic rings. The average Bonchev–Trinajstić information content (AvgIpc) is 3.26. The van der Waals surface area contributed by atoms with Crippen molar-refractivity contribution in [1.29, 1.82) is 0 Å². The molecule has 2 N–H and O–H groups in total. The fourth-order valence-corrected chi connectivity index (χ4v) is 11.1. The van der Waals surface area contributed by atoms with Crippen molar-refractivity contribution in [2.24, 2.45) is 52.3 Å². The first-order valence-electron chi connectivity index (χ1n) is 15.5. The molecule has 2 heterocycles. The SMILES string of the molecule is C[C@H]1CC[C@]2(NC1)O[C@H]1C[C@H]3[C@@H]4CC[C@H]5CC(NCCN(C)C)CC[C@]5(C)[C@H]4CC[C@]3(C)[C@H]1[C@@H]2C. The van der Waals surface area contributed by atoms with Crippen LogP contribution in [0.1, 0.15) is 91.9 Å². The number of nitrogens with zero attached hydrogens (tertiary/aromatic N) is 1. The number of likely N-dealkylation sites (N-methyl/N-ethyl adjacent to an activating group) is 1. The van der Waals surface area contributed by atoms with Crippen molar-refractivity contribution in [2.75, 3.05) is 33.7 Å².